The highest BCUT2D eigenvalue weighted by molar-refractivity contribution is 6.31. The summed E-state index contributed by atoms with van der Waals surface area (Å²) in [5, 5.41) is 6.45. The van der Waals surface area contributed by atoms with E-state index in [1.165, 1.54) is 7.05 Å². The highest BCUT2D eigenvalue weighted by Gasteiger charge is 2.15. The number of nitrogens with zero attached hydrogens (tertiary/aromatic N) is 2. The molecule has 2 rings (SSSR count). The Hall–Kier alpha value is -2.08. The second-order valence-electron chi connectivity index (χ2n) is 3.23. The van der Waals surface area contributed by atoms with Gasteiger partial charge in [0.05, 0.1) is 5.56 Å². The molecule has 3 N–H and O–H groups in total. The van der Waals surface area contributed by atoms with Gasteiger partial charge in [0.15, 0.2) is 0 Å². The van der Waals surface area contributed by atoms with Gasteiger partial charge in [0.25, 0.3) is 17.6 Å². The molecule has 1 amide bonds. The summed E-state index contributed by atoms with van der Waals surface area (Å²) in [5.41, 5.74) is 6.70. The maximum Gasteiger partial charge on any atom is 0.292 e. The molecule has 1 aromatic heterocycles. The van der Waals surface area contributed by atoms with Crippen LogP contribution in [-0.4, -0.2) is 23.1 Å². The number of nitrogens with one attached hydrogen (secondary N) is 1. The lowest BCUT2D eigenvalue weighted by molar-refractivity contribution is 0.0950. The van der Waals surface area contributed by atoms with E-state index in [4.69, 9.17) is 21.9 Å². The van der Waals surface area contributed by atoms with Crippen molar-refractivity contribution in [2.75, 3.05) is 12.8 Å². The van der Waals surface area contributed by atoms with Crippen LogP contribution < -0.4 is 11.1 Å². The number of rotatable bonds is 2. The molecule has 0 aliphatic carbocycles. The van der Waals surface area contributed by atoms with Crippen LogP contribution in [-0.2, 0) is 0 Å². The first-order valence-corrected chi connectivity index (χ1v) is 5.11. The van der Waals surface area contributed by atoms with E-state index in [2.05, 4.69) is 15.5 Å². The van der Waals surface area contributed by atoms with Gasteiger partial charge in [-0.05, 0) is 18.2 Å². The molecular weight excluding hydrogens is 244 g/mol. The fourth-order valence-electron chi connectivity index (χ4n) is 1.27. The number of nitrogens with two attached hydrogens (primary N) is 1. The number of carbonyl (C=O) groups is 1. The van der Waals surface area contributed by atoms with E-state index in [9.17, 15) is 4.79 Å². The summed E-state index contributed by atoms with van der Waals surface area (Å²) in [6, 6.07) is 4.87. The quantitative estimate of drug-likeness (QED) is 0.787. The van der Waals surface area contributed by atoms with Crippen LogP contribution in [0.1, 0.15) is 10.6 Å². The lowest BCUT2D eigenvalue weighted by atomic mass is 10.2. The van der Waals surface area contributed by atoms with E-state index < -0.39 is 5.91 Å². The maximum absolute atomic E-state index is 11.2. The Labute approximate surface area is 102 Å². The summed E-state index contributed by atoms with van der Waals surface area (Å²) in [6.07, 6.45) is 0. The first-order chi connectivity index (χ1) is 8.11. The number of carbonyl (C=O) groups excluding carboxylic acids is 1. The van der Waals surface area contributed by atoms with Gasteiger partial charge in [-0.15, -0.1) is 0 Å². The molecule has 7 heteroatoms. The zero-order valence-electron chi connectivity index (χ0n) is 8.90. The third-order valence-electron chi connectivity index (χ3n) is 2.10. The van der Waals surface area contributed by atoms with Crippen molar-refractivity contribution >= 4 is 23.2 Å². The van der Waals surface area contributed by atoms with Gasteiger partial charge >= 0.3 is 0 Å². The van der Waals surface area contributed by atoms with Crippen LogP contribution in [0.15, 0.2) is 22.7 Å². The van der Waals surface area contributed by atoms with E-state index in [1.807, 2.05) is 0 Å². The van der Waals surface area contributed by atoms with Crippen molar-refractivity contribution in [2.45, 2.75) is 0 Å². The zero-order valence-corrected chi connectivity index (χ0v) is 9.65. The third-order valence-corrected chi connectivity index (χ3v) is 2.34. The molecule has 0 bridgehead atoms. The standard InChI is InChI=1S/C10H9ClN4O2/c1-13-9(16)8-14-10(17-15-8)6-3-2-5(11)4-7(6)12/h2-4H,12H2,1H3,(H,13,16). The number of aromatic nitrogens is 2. The molecule has 0 atom stereocenters. The normalized spacial score (nSPS) is 10.2. The Kier molecular flexibility index (Phi) is 2.97. The van der Waals surface area contributed by atoms with Gasteiger partial charge in [0.1, 0.15) is 0 Å². The molecule has 0 saturated heterocycles. The first-order valence-electron chi connectivity index (χ1n) is 4.73. The molecule has 0 spiro atoms. The molecule has 1 aromatic carbocycles. The van der Waals surface area contributed by atoms with E-state index >= 15 is 0 Å². The van der Waals surface area contributed by atoms with Gasteiger partial charge in [0.2, 0.25) is 0 Å². The van der Waals surface area contributed by atoms with E-state index in [1.54, 1.807) is 18.2 Å². The third kappa shape index (κ3) is 2.21. The van der Waals surface area contributed by atoms with Crippen molar-refractivity contribution in [1.29, 1.82) is 0 Å². The largest absolute Gasteiger partial charge is 0.398 e. The summed E-state index contributed by atoms with van der Waals surface area (Å²) < 4.78 is 4.95. The van der Waals surface area contributed by atoms with Crippen LogP contribution in [0, 0.1) is 0 Å². The predicted octanol–water partition coefficient (Wildman–Crippen LogP) is 1.33. The fraction of sp³-hybridized carbons (Fsp3) is 0.100. The molecule has 1 heterocycles. The Morgan fingerprint density at radius 2 is 2.29 bits per heavy atom. The number of amides is 1. The summed E-state index contributed by atoms with van der Waals surface area (Å²) in [6.45, 7) is 0. The fourth-order valence-corrected chi connectivity index (χ4v) is 1.45. The zero-order chi connectivity index (χ0) is 12.4. The van der Waals surface area contributed by atoms with Gasteiger partial charge in [-0.2, -0.15) is 4.98 Å². The Balaban J connectivity index is 2.40. The summed E-state index contributed by atoms with van der Waals surface area (Å²) >= 11 is 5.77. The van der Waals surface area contributed by atoms with Gasteiger partial charge < -0.3 is 15.6 Å². The van der Waals surface area contributed by atoms with Gasteiger partial charge in [-0.1, -0.05) is 16.8 Å². The van der Waals surface area contributed by atoms with E-state index in [0.29, 0.717) is 16.3 Å². The summed E-state index contributed by atoms with van der Waals surface area (Å²) in [4.78, 5) is 15.2. The van der Waals surface area contributed by atoms with Crippen LogP contribution in [0.5, 0.6) is 0 Å². The lowest BCUT2D eigenvalue weighted by Crippen LogP contribution is -2.19. The molecule has 88 valence electrons. The summed E-state index contributed by atoms with van der Waals surface area (Å²) in [5.74, 6) is -0.290. The second-order valence-corrected chi connectivity index (χ2v) is 3.67. The van der Waals surface area contributed by atoms with Crippen LogP contribution >= 0.6 is 11.6 Å². The molecule has 0 radical (unpaired) electrons. The van der Waals surface area contributed by atoms with Crippen molar-refractivity contribution in [3.63, 3.8) is 0 Å². The minimum atomic E-state index is -0.424. The van der Waals surface area contributed by atoms with Crippen molar-refractivity contribution in [3.8, 4) is 11.5 Å². The summed E-state index contributed by atoms with van der Waals surface area (Å²) in [7, 11) is 1.48. The van der Waals surface area contributed by atoms with E-state index in [0.717, 1.165) is 0 Å². The molecule has 17 heavy (non-hydrogen) atoms. The van der Waals surface area contributed by atoms with Gasteiger partial charge in [-0.3, -0.25) is 4.79 Å². The number of hydrogen-bond acceptors (Lipinski definition) is 5. The van der Waals surface area contributed by atoms with Crippen LogP contribution in [0.3, 0.4) is 0 Å². The van der Waals surface area contributed by atoms with Crippen molar-refractivity contribution in [3.05, 3.63) is 29.0 Å². The van der Waals surface area contributed by atoms with E-state index in [-0.39, 0.29) is 11.7 Å². The minimum Gasteiger partial charge on any atom is -0.398 e. The molecule has 2 aromatic rings. The number of hydrogen-bond donors (Lipinski definition) is 2. The number of anilines is 1. The van der Waals surface area contributed by atoms with Crippen LogP contribution in [0.2, 0.25) is 5.02 Å². The van der Waals surface area contributed by atoms with Gasteiger partial charge in [0, 0.05) is 17.8 Å². The highest BCUT2D eigenvalue weighted by atomic mass is 35.5. The predicted molar refractivity (Wildman–Crippen MR) is 62.5 cm³/mol. The second kappa shape index (κ2) is 4.42. The number of halogens is 1. The molecule has 0 saturated carbocycles. The maximum atomic E-state index is 11.2. The minimum absolute atomic E-state index is 0.0446. The number of nitrogen functional groups attached to an aromatic ring is 1. The van der Waals surface area contributed by atoms with Crippen molar-refractivity contribution in [1.82, 2.24) is 15.5 Å². The topological polar surface area (TPSA) is 94.0 Å². The smallest absolute Gasteiger partial charge is 0.292 e. The van der Waals surface area contributed by atoms with Crippen molar-refractivity contribution < 1.29 is 9.32 Å². The molecular formula is C10H9ClN4O2. The Bertz CT molecular complexity index is 567. The average Bonchev–Trinajstić information content (AvgIpc) is 2.77. The first kappa shape index (κ1) is 11.4. The SMILES string of the molecule is CNC(=O)c1noc(-c2ccc(Cl)cc2N)n1. The molecule has 0 unspecified atom stereocenters. The Morgan fingerprint density at radius 1 is 1.53 bits per heavy atom. The molecule has 6 nitrogen and oxygen atoms in total. The molecule has 0 aliphatic heterocycles. The Morgan fingerprint density at radius 3 is 2.94 bits per heavy atom. The molecule has 0 fully saturated rings. The number of benzene rings is 1. The van der Waals surface area contributed by atoms with Crippen LogP contribution in [0.25, 0.3) is 11.5 Å². The van der Waals surface area contributed by atoms with Crippen molar-refractivity contribution in [2.24, 2.45) is 0 Å². The highest BCUT2D eigenvalue weighted by Crippen LogP contribution is 2.26. The average molecular weight is 253 g/mol. The van der Waals surface area contributed by atoms with Gasteiger partial charge in [-0.25, -0.2) is 0 Å². The van der Waals surface area contributed by atoms with Crippen LogP contribution in [0.4, 0.5) is 5.69 Å². The molecule has 0 aliphatic rings. The monoisotopic (exact) mass is 252 g/mol. The lowest BCUT2D eigenvalue weighted by Gasteiger charge is -1.99.